The minimum atomic E-state index is 0.265. The smallest absolute Gasteiger partial charge is 0.166 e. The molecule has 2 rings (SSSR count). The van der Waals surface area contributed by atoms with Crippen LogP contribution in [0, 0.1) is 0 Å². The van der Waals surface area contributed by atoms with Crippen LogP contribution < -0.4 is 4.74 Å². The molecule has 0 radical (unpaired) electrons. The summed E-state index contributed by atoms with van der Waals surface area (Å²) >= 11 is 1.69. The average Bonchev–Trinajstić information content (AvgIpc) is 2.79. The Balaban J connectivity index is 1.89. The number of hydrogen-bond donors (Lipinski definition) is 1. The molecule has 0 spiro atoms. The molecule has 0 aliphatic carbocycles. The number of methoxy groups -OCH3 is 1. The first-order valence-corrected chi connectivity index (χ1v) is 7.33. The Hall–Kier alpha value is -1.49. The van der Waals surface area contributed by atoms with E-state index in [1.807, 2.05) is 18.2 Å². The Morgan fingerprint density at radius 1 is 1.42 bits per heavy atom. The van der Waals surface area contributed by atoms with Crippen LogP contribution in [-0.2, 0) is 4.79 Å². The summed E-state index contributed by atoms with van der Waals surface area (Å²) in [5, 5.41) is 0.922. The fourth-order valence-electron chi connectivity index (χ4n) is 1.81. The van der Waals surface area contributed by atoms with Gasteiger partial charge in [0.1, 0.15) is 11.5 Å². The topological polar surface area (TPSA) is 55.0 Å². The number of nitrogens with zero attached hydrogens (tertiary/aromatic N) is 1. The van der Waals surface area contributed by atoms with E-state index < -0.39 is 0 Å². The van der Waals surface area contributed by atoms with E-state index in [2.05, 4.69) is 9.97 Å². The number of thioether (sulfide) groups is 1. The Morgan fingerprint density at radius 2 is 2.26 bits per heavy atom. The molecule has 0 unspecified atom stereocenters. The zero-order valence-electron chi connectivity index (χ0n) is 11.2. The van der Waals surface area contributed by atoms with Gasteiger partial charge in [-0.2, -0.15) is 0 Å². The number of benzene rings is 1. The lowest BCUT2D eigenvalue weighted by molar-refractivity contribution is -0.117. The van der Waals surface area contributed by atoms with E-state index in [0.29, 0.717) is 6.42 Å². The molecule has 0 aliphatic heterocycles. The fourth-order valence-corrected chi connectivity index (χ4v) is 2.69. The first kappa shape index (κ1) is 13.9. The summed E-state index contributed by atoms with van der Waals surface area (Å²) in [5.41, 5.74) is 1.94. The second-order valence-electron chi connectivity index (χ2n) is 4.43. The van der Waals surface area contributed by atoms with Crippen molar-refractivity contribution in [3.63, 3.8) is 0 Å². The van der Waals surface area contributed by atoms with E-state index in [1.165, 1.54) is 0 Å². The van der Waals surface area contributed by atoms with Gasteiger partial charge in [0.15, 0.2) is 5.16 Å². The quantitative estimate of drug-likeness (QED) is 0.623. The maximum Gasteiger partial charge on any atom is 0.166 e. The van der Waals surface area contributed by atoms with E-state index in [9.17, 15) is 4.79 Å². The van der Waals surface area contributed by atoms with Gasteiger partial charge in [-0.05, 0) is 31.9 Å². The van der Waals surface area contributed by atoms with Crippen LogP contribution in [0.15, 0.2) is 23.4 Å². The normalized spacial score (nSPS) is 10.8. The third kappa shape index (κ3) is 3.99. The molecule has 0 bridgehead atoms. The Labute approximate surface area is 116 Å². The lowest BCUT2D eigenvalue weighted by atomic mass is 10.2. The maximum absolute atomic E-state index is 10.8. The van der Waals surface area contributed by atoms with Gasteiger partial charge < -0.3 is 14.5 Å². The van der Waals surface area contributed by atoms with Crippen LogP contribution in [-0.4, -0.2) is 28.6 Å². The molecule has 1 heterocycles. The highest BCUT2D eigenvalue weighted by molar-refractivity contribution is 7.99. The van der Waals surface area contributed by atoms with Crippen molar-refractivity contribution in [1.82, 2.24) is 9.97 Å². The molecule has 19 heavy (non-hydrogen) atoms. The number of hydrogen-bond acceptors (Lipinski definition) is 4. The summed E-state index contributed by atoms with van der Waals surface area (Å²) in [7, 11) is 1.65. The molecule has 1 aromatic carbocycles. The number of unbranched alkanes of at least 4 members (excludes halogenated alkanes) is 1. The van der Waals surface area contributed by atoms with Gasteiger partial charge in [0, 0.05) is 18.2 Å². The Kier molecular flexibility index (Phi) is 4.85. The lowest BCUT2D eigenvalue weighted by Crippen LogP contribution is -1.90. The number of H-pyrrole nitrogens is 1. The van der Waals surface area contributed by atoms with Crippen LogP contribution in [0.2, 0.25) is 0 Å². The number of aromatic amines is 1. The number of ether oxygens (including phenoxy) is 1. The maximum atomic E-state index is 10.8. The average molecular weight is 278 g/mol. The van der Waals surface area contributed by atoms with Gasteiger partial charge in [-0.25, -0.2) is 4.98 Å². The van der Waals surface area contributed by atoms with Gasteiger partial charge in [-0.1, -0.05) is 11.8 Å². The van der Waals surface area contributed by atoms with E-state index in [4.69, 9.17) is 4.74 Å². The molecular formula is C14H18N2O2S. The summed E-state index contributed by atoms with van der Waals surface area (Å²) in [4.78, 5) is 18.6. The number of aromatic nitrogens is 2. The van der Waals surface area contributed by atoms with Crippen LogP contribution >= 0.6 is 11.8 Å². The van der Waals surface area contributed by atoms with Crippen LogP contribution in [0.25, 0.3) is 11.0 Å². The second-order valence-corrected chi connectivity index (χ2v) is 5.52. The van der Waals surface area contributed by atoms with Gasteiger partial charge in [0.2, 0.25) is 0 Å². The number of rotatable bonds is 7. The Morgan fingerprint density at radius 3 is 3.00 bits per heavy atom. The van der Waals surface area contributed by atoms with Gasteiger partial charge in [0.25, 0.3) is 0 Å². The molecule has 0 fully saturated rings. The highest BCUT2D eigenvalue weighted by Gasteiger charge is 2.04. The van der Waals surface area contributed by atoms with Crippen molar-refractivity contribution in [2.75, 3.05) is 12.9 Å². The largest absolute Gasteiger partial charge is 0.497 e. The van der Waals surface area contributed by atoms with Gasteiger partial charge in [-0.3, -0.25) is 0 Å². The molecule has 0 saturated carbocycles. The van der Waals surface area contributed by atoms with Gasteiger partial charge in [0.05, 0.1) is 18.1 Å². The van der Waals surface area contributed by atoms with Crippen molar-refractivity contribution < 1.29 is 9.53 Å². The van der Waals surface area contributed by atoms with Crippen LogP contribution in [0.4, 0.5) is 0 Å². The molecule has 0 saturated heterocycles. The number of fused-ring (bicyclic) bond motifs is 1. The highest BCUT2D eigenvalue weighted by atomic mass is 32.2. The van der Waals surface area contributed by atoms with Gasteiger partial charge in [-0.15, -0.1) is 0 Å². The molecule has 1 aromatic heterocycles. The third-order valence-electron chi connectivity index (χ3n) is 2.83. The van der Waals surface area contributed by atoms with Crippen molar-refractivity contribution in [3.8, 4) is 5.75 Å². The highest BCUT2D eigenvalue weighted by Crippen LogP contribution is 2.23. The van der Waals surface area contributed by atoms with Crippen molar-refractivity contribution in [2.24, 2.45) is 0 Å². The van der Waals surface area contributed by atoms with Gasteiger partial charge >= 0.3 is 0 Å². The number of carbonyl (C=O) groups is 1. The predicted molar refractivity (Wildman–Crippen MR) is 77.9 cm³/mol. The molecule has 5 heteroatoms. The zero-order chi connectivity index (χ0) is 13.7. The first-order valence-electron chi connectivity index (χ1n) is 6.35. The summed E-state index contributed by atoms with van der Waals surface area (Å²) in [6.07, 6.45) is 2.67. The number of ketones is 1. The van der Waals surface area contributed by atoms with Crippen molar-refractivity contribution in [3.05, 3.63) is 18.2 Å². The summed E-state index contributed by atoms with van der Waals surface area (Å²) in [6, 6.07) is 5.80. The van der Waals surface area contributed by atoms with E-state index >= 15 is 0 Å². The monoisotopic (exact) mass is 278 g/mol. The summed E-state index contributed by atoms with van der Waals surface area (Å²) < 4.78 is 5.18. The molecule has 1 N–H and O–H groups in total. The molecule has 0 atom stereocenters. The van der Waals surface area contributed by atoms with E-state index in [0.717, 1.165) is 40.5 Å². The van der Waals surface area contributed by atoms with Crippen LogP contribution in [0.1, 0.15) is 26.2 Å². The first-order chi connectivity index (χ1) is 9.19. The zero-order valence-corrected chi connectivity index (χ0v) is 12.0. The Bertz CT molecular complexity index is 566. The molecule has 0 amide bonds. The lowest BCUT2D eigenvalue weighted by Gasteiger charge is -1.97. The summed E-state index contributed by atoms with van der Waals surface area (Å²) in [6.45, 7) is 1.64. The molecule has 4 nitrogen and oxygen atoms in total. The summed E-state index contributed by atoms with van der Waals surface area (Å²) in [5.74, 6) is 2.07. The predicted octanol–water partition coefficient (Wildman–Crippen LogP) is 3.42. The molecule has 0 aliphatic rings. The third-order valence-corrected chi connectivity index (χ3v) is 3.79. The minimum Gasteiger partial charge on any atom is -0.497 e. The standard InChI is InChI=1S/C14H18N2O2S/c1-10(17)5-3-4-8-19-14-15-12-7-6-11(18-2)9-13(12)16-14/h6-7,9H,3-5,8H2,1-2H3,(H,15,16). The second kappa shape index (κ2) is 6.61. The molecular weight excluding hydrogens is 260 g/mol. The number of Topliss-reactive ketones (excluding diaryl/α,β-unsaturated/α-hetero) is 1. The van der Waals surface area contributed by atoms with Crippen molar-refractivity contribution in [1.29, 1.82) is 0 Å². The number of nitrogens with one attached hydrogen (secondary N) is 1. The van der Waals surface area contributed by atoms with E-state index in [1.54, 1.807) is 25.8 Å². The molecule has 2 aromatic rings. The van der Waals surface area contributed by atoms with E-state index in [-0.39, 0.29) is 5.78 Å². The minimum absolute atomic E-state index is 0.265. The SMILES string of the molecule is COc1ccc2nc(SCCCCC(C)=O)[nH]c2c1. The molecule has 102 valence electrons. The number of imidazole rings is 1. The van der Waals surface area contributed by atoms with Crippen molar-refractivity contribution in [2.45, 2.75) is 31.3 Å². The fraction of sp³-hybridized carbons (Fsp3) is 0.429. The van der Waals surface area contributed by atoms with Crippen molar-refractivity contribution >= 4 is 28.6 Å². The van der Waals surface area contributed by atoms with Crippen LogP contribution in [0.3, 0.4) is 0 Å². The number of carbonyl (C=O) groups excluding carboxylic acids is 1. The van der Waals surface area contributed by atoms with Crippen LogP contribution in [0.5, 0.6) is 5.75 Å².